The summed E-state index contributed by atoms with van der Waals surface area (Å²) in [5.74, 6) is 0. The highest BCUT2D eigenvalue weighted by atomic mass is 32.2. The van der Waals surface area contributed by atoms with Gasteiger partial charge in [0.1, 0.15) is 0 Å². The largest absolute Gasteiger partial charge is 0.308 e. The van der Waals surface area contributed by atoms with Crippen molar-refractivity contribution >= 4 is 10.0 Å². The first kappa shape index (κ1) is 13.8. The van der Waals surface area contributed by atoms with E-state index in [-0.39, 0.29) is 0 Å². The number of nitrogens with zero attached hydrogens (tertiary/aromatic N) is 2. The molecule has 0 aromatic heterocycles. The normalized spacial score (nSPS) is 13.1. The van der Waals surface area contributed by atoms with Crippen LogP contribution in [0.1, 0.15) is 13.8 Å². The molecular formula is C8H21N3O2S. The van der Waals surface area contributed by atoms with Crippen molar-refractivity contribution in [3.63, 3.8) is 0 Å². The second-order valence-electron chi connectivity index (χ2n) is 3.69. The van der Waals surface area contributed by atoms with Crippen molar-refractivity contribution in [3.8, 4) is 0 Å². The maximum absolute atomic E-state index is 11.7. The molecular weight excluding hydrogens is 202 g/mol. The van der Waals surface area contributed by atoms with Crippen molar-refractivity contribution in [1.82, 2.24) is 14.7 Å². The summed E-state index contributed by atoms with van der Waals surface area (Å²) in [6.45, 7) is 4.52. The van der Waals surface area contributed by atoms with Crippen LogP contribution in [0.5, 0.6) is 0 Å². The Balaban J connectivity index is 4.42. The van der Waals surface area contributed by atoms with E-state index in [1.165, 1.54) is 4.41 Å². The van der Waals surface area contributed by atoms with Crippen LogP contribution < -0.4 is 5.43 Å². The Morgan fingerprint density at radius 3 is 2.00 bits per heavy atom. The van der Waals surface area contributed by atoms with E-state index in [1.807, 2.05) is 19.0 Å². The predicted molar refractivity (Wildman–Crippen MR) is 58.4 cm³/mol. The Bertz CT molecular complexity index is 249. The Hall–Kier alpha value is -0.170. The fraction of sp³-hybridized carbons (Fsp3) is 1.00. The topological polar surface area (TPSA) is 52.6 Å². The van der Waals surface area contributed by atoms with E-state index in [1.54, 1.807) is 20.9 Å². The molecule has 0 heterocycles. The van der Waals surface area contributed by atoms with Crippen molar-refractivity contribution in [1.29, 1.82) is 0 Å². The van der Waals surface area contributed by atoms with Crippen LogP contribution >= 0.6 is 0 Å². The lowest BCUT2D eigenvalue weighted by Crippen LogP contribution is -2.46. The quantitative estimate of drug-likeness (QED) is 0.629. The molecule has 0 aromatic carbocycles. The molecule has 0 spiro atoms. The van der Waals surface area contributed by atoms with Gasteiger partial charge >= 0.3 is 0 Å². The van der Waals surface area contributed by atoms with Gasteiger partial charge in [0.05, 0.1) is 5.25 Å². The van der Waals surface area contributed by atoms with Crippen molar-refractivity contribution in [2.75, 3.05) is 34.2 Å². The number of nitrogens with one attached hydrogen (secondary N) is 1. The van der Waals surface area contributed by atoms with Crippen LogP contribution in [-0.2, 0) is 10.0 Å². The monoisotopic (exact) mass is 223 g/mol. The predicted octanol–water partition coefficient (Wildman–Crippen LogP) is -0.277. The van der Waals surface area contributed by atoms with E-state index in [0.717, 1.165) is 0 Å². The summed E-state index contributed by atoms with van der Waals surface area (Å²) in [5.41, 5.74) is 2.70. The molecule has 0 amide bonds. The molecule has 6 heteroatoms. The Morgan fingerprint density at radius 2 is 1.71 bits per heavy atom. The molecule has 0 atom stereocenters. The zero-order valence-electron chi connectivity index (χ0n) is 9.61. The average Bonchev–Trinajstić information content (AvgIpc) is 2.04. The van der Waals surface area contributed by atoms with Crippen LogP contribution in [0.15, 0.2) is 0 Å². The summed E-state index contributed by atoms with van der Waals surface area (Å²) in [7, 11) is 2.26. The zero-order chi connectivity index (χ0) is 11.4. The minimum absolute atomic E-state index is 0.392. The second kappa shape index (κ2) is 5.65. The highest BCUT2D eigenvalue weighted by Crippen LogP contribution is 2.04. The standard InChI is InChI=1S/C8H21N3O2S/c1-8(2)14(12,13)11(9-3)7-6-10(4)5/h8-9H,6-7H2,1-5H3. The van der Waals surface area contributed by atoms with Gasteiger partial charge < -0.3 is 4.90 Å². The van der Waals surface area contributed by atoms with Gasteiger partial charge in [0.2, 0.25) is 10.0 Å². The Labute approximate surface area is 87.1 Å². The number of likely N-dealkylation sites (N-methyl/N-ethyl adjacent to an activating group) is 1. The fourth-order valence-corrected chi connectivity index (χ4v) is 2.01. The van der Waals surface area contributed by atoms with Crippen LogP contribution in [0, 0.1) is 0 Å². The van der Waals surface area contributed by atoms with Crippen molar-refractivity contribution in [2.45, 2.75) is 19.1 Å². The van der Waals surface area contributed by atoms with Crippen molar-refractivity contribution in [3.05, 3.63) is 0 Å². The lowest BCUT2D eigenvalue weighted by molar-refractivity contribution is 0.292. The van der Waals surface area contributed by atoms with Crippen LogP contribution in [0.4, 0.5) is 0 Å². The molecule has 0 radical (unpaired) electrons. The highest BCUT2D eigenvalue weighted by Gasteiger charge is 2.24. The summed E-state index contributed by atoms with van der Waals surface area (Å²) in [6.07, 6.45) is 0. The van der Waals surface area contributed by atoms with Crippen LogP contribution in [0.25, 0.3) is 0 Å². The molecule has 0 rings (SSSR count). The number of rotatable bonds is 6. The van der Waals surface area contributed by atoms with E-state index in [9.17, 15) is 8.42 Å². The lowest BCUT2D eigenvalue weighted by Gasteiger charge is -2.24. The van der Waals surface area contributed by atoms with E-state index in [2.05, 4.69) is 5.43 Å². The molecule has 5 nitrogen and oxygen atoms in total. The molecule has 86 valence electrons. The number of hydrogen-bond acceptors (Lipinski definition) is 4. The molecule has 1 N–H and O–H groups in total. The molecule has 0 fully saturated rings. The first-order valence-electron chi connectivity index (χ1n) is 4.66. The van der Waals surface area contributed by atoms with Crippen molar-refractivity contribution < 1.29 is 8.42 Å². The summed E-state index contributed by atoms with van der Waals surface area (Å²) < 4.78 is 24.7. The van der Waals surface area contributed by atoms with Gasteiger partial charge in [0.15, 0.2) is 0 Å². The summed E-state index contributed by atoms with van der Waals surface area (Å²) >= 11 is 0. The number of sulfonamides is 1. The minimum Gasteiger partial charge on any atom is -0.308 e. The van der Waals surface area contributed by atoms with Gasteiger partial charge in [-0.25, -0.2) is 13.8 Å². The zero-order valence-corrected chi connectivity index (χ0v) is 10.4. The molecule has 0 bridgehead atoms. The summed E-state index contributed by atoms with van der Waals surface area (Å²) in [4.78, 5) is 1.94. The van der Waals surface area contributed by atoms with Gasteiger partial charge in [-0.15, -0.1) is 4.41 Å². The maximum atomic E-state index is 11.7. The minimum atomic E-state index is -3.19. The second-order valence-corrected chi connectivity index (χ2v) is 6.11. The molecule has 0 aliphatic rings. The smallest absolute Gasteiger partial charge is 0.229 e. The summed E-state index contributed by atoms with van der Waals surface area (Å²) in [6, 6.07) is 0. The average molecular weight is 223 g/mol. The van der Waals surface area contributed by atoms with Gasteiger partial charge in [0.25, 0.3) is 0 Å². The van der Waals surface area contributed by atoms with E-state index in [4.69, 9.17) is 0 Å². The Kier molecular flexibility index (Phi) is 5.58. The van der Waals surface area contributed by atoms with E-state index < -0.39 is 15.3 Å². The Morgan fingerprint density at radius 1 is 1.21 bits per heavy atom. The number of hydrazine groups is 1. The van der Waals surface area contributed by atoms with Crippen LogP contribution in [-0.4, -0.2) is 57.2 Å². The fourth-order valence-electron chi connectivity index (χ4n) is 0.912. The van der Waals surface area contributed by atoms with Gasteiger partial charge in [-0.05, 0) is 35.0 Å². The first-order chi connectivity index (χ1) is 6.32. The molecule has 0 aliphatic heterocycles. The SMILES string of the molecule is CNN(CCN(C)C)S(=O)(=O)C(C)C. The van der Waals surface area contributed by atoms with Gasteiger partial charge in [0, 0.05) is 13.1 Å². The van der Waals surface area contributed by atoms with E-state index >= 15 is 0 Å². The molecule has 0 saturated carbocycles. The lowest BCUT2D eigenvalue weighted by atomic mass is 10.6. The molecule has 0 saturated heterocycles. The first-order valence-corrected chi connectivity index (χ1v) is 6.16. The van der Waals surface area contributed by atoms with Gasteiger partial charge in [-0.2, -0.15) is 0 Å². The highest BCUT2D eigenvalue weighted by molar-refractivity contribution is 7.89. The van der Waals surface area contributed by atoms with Gasteiger partial charge in [-0.1, -0.05) is 0 Å². The molecule has 0 unspecified atom stereocenters. The van der Waals surface area contributed by atoms with Crippen LogP contribution in [0.2, 0.25) is 0 Å². The van der Waals surface area contributed by atoms with Crippen LogP contribution in [0.3, 0.4) is 0 Å². The third-order valence-electron chi connectivity index (χ3n) is 1.90. The molecule has 14 heavy (non-hydrogen) atoms. The maximum Gasteiger partial charge on any atom is 0.229 e. The molecule has 0 aliphatic carbocycles. The third kappa shape index (κ3) is 3.91. The molecule has 0 aromatic rings. The summed E-state index contributed by atoms with van der Waals surface area (Å²) in [5, 5.41) is -0.392. The third-order valence-corrected chi connectivity index (χ3v) is 4.07. The van der Waals surface area contributed by atoms with Crippen molar-refractivity contribution in [2.24, 2.45) is 0 Å². The van der Waals surface area contributed by atoms with Gasteiger partial charge in [-0.3, -0.25) is 0 Å². The number of hydrogen-bond donors (Lipinski definition) is 1. The van der Waals surface area contributed by atoms with E-state index in [0.29, 0.717) is 13.1 Å².